The van der Waals surface area contributed by atoms with Gasteiger partial charge in [-0.2, -0.15) is 0 Å². The number of rotatable bonds is 6. The van der Waals surface area contributed by atoms with Gasteiger partial charge in [0.1, 0.15) is 12.0 Å². The average Bonchev–Trinajstić information content (AvgIpc) is 2.21. The highest BCUT2D eigenvalue weighted by Gasteiger charge is 1.94. The molecule has 0 atom stereocenters. The molecule has 0 aliphatic rings. The quantitative estimate of drug-likeness (QED) is 0.411. The topological polar surface area (TPSA) is 26.3 Å². The van der Waals surface area contributed by atoms with Crippen molar-refractivity contribution in [3.63, 3.8) is 0 Å². The summed E-state index contributed by atoms with van der Waals surface area (Å²) in [5.74, 6) is 1.44. The van der Waals surface area contributed by atoms with E-state index in [9.17, 15) is 4.79 Å². The molecule has 14 heavy (non-hydrogen) atoms. The maximum Gasteiger partial charge on any atom is 0.124 e. The third-order valence-corrected chi connectivity index (χ3v) is 2.06. The van der Waals surface area contributed by atoms with Crippen molar-refractivity contribution in [3.8, 4) is 5.75 Å². The second-order valence-electron chi connectivity index (χ2n) is 2.91. The minimum Gasteiger partial charge on any atom is -0.494 e. The van der Waals surface area contributed by atoms with Crippen LogP contribution in [-0.4, -0.2) is 18.8 Å². The third kappa shape index (κ3) is 3.79. The van der Waals surface area contributed by atoms with Crippen LogP contribution in [-0.2, 0) is 11.2 Å². The fourth-order valence-corrected chi connectivity index (χ4v) is 1.17. The Morgan fingerprint density at radius 1 is 1.29 bits per heavy atom. The zero-order valence-electron chi connectivity index (χ0n) is 7.91. The molecule has 0 amide bonds. The van der Waals surface area contributed by atoms with Crippen LogP contribution in [0.5, 0.6) is 5.75 Å². The molecule has 0 fully saturated rings. The van der Waals surface area contributed by atoms with Crippen LogP contribution in [0.3, 0.4) is 0 Å². The van der Waals surface area contributed by atoms with Crippen molar-refractivity contribution in [1.29, 1.82) is 0 Å². The van der Waals surface area contributed by atoms with E-state index in [1.807, 2.05) is 24.3 Å². The predicted octanol–water partition coefficient (Wildman–Crippen LogP) is 2.44. The molecular weight excluding hydrogens is 200 g/mol. The first-order valence-electron chi connectivity index (χ1n) is 4.58. The molecule has 0 aliphatic heterocycles. The van der Waals surface area contributed by atoms with E-state index >= 15 is 0 Å². The van der Waals surface area contributed by atoms with Gasteiger partial charge < -0.3 is 9.53 Å². The monoisotopic (exact) mass is 212 g/mol. The molecule has 76 valence electrons. The van der Waals surface area contributed by atoms with Gasteiger partial charge in [-0.25, -0.2) is 0 Å². The highest BCUT2D eigenvalue weighted by atomic mass is 35.5. The van der Waals surface area contributed by atoms with Crippen LogP contribution < -0.4 is 4.74 Å². The molecule has 0 unspecified atom stereocenters. The molecule has 1 rings (SSSR count). The number of carbonyl (C=O) groups excluding carboxylic acids is 1. The summed E-state index contributed by atoms with van der Waals surface area (Å²) in [6.45, 7) is 0.635. The third-order valence-electron chi connectivity index (χ3n) is 1.79. The Labute approximate surface area is 88.8 Å². The highest BCUT2D eigenvalue weighted by Crippen LogP contribution is 2.12. The summed E-state index contributed by atoms with van der Waals surface area (Å²) in [6.07, 6.45) is 2.20. The number of carbonyl (C=O) groups is 1. The Morgan fingerprint density at radius 2 is 2.00 bits per heavy atom. The summed E-state index contributed by atoms with van der Waals surface area (Å²) >= 11 is 5.52. The van der Waals surface area contributed by atoms with Crippen molar-refractivity contribution in [1.82, 2.24) is 0 Å². The van der Waals surface area contributed by atoms with Gasteiger partial charge in [-0.05, 0) is 24.1 Å². The molecule has 0 radical (unpaired) electrons. The van der Waals surface area contributed by atoms with Gasteiger partial charge in [0.05, 0.1) is 6.61 Å². The van der Waals surface area contributed by atoms with E-state index in [1.54, 1.807) is 0 Å². The molecule has 3 heteroatoms. The molecule has 0 aromatic heterocycles. The van der Waals surface area contributed by atoms with E-state index in [0.717, 1.165) is 24.0 Å². The average molecular weight is 213 g/mol. The standard InChI is InChI=1S/C11H13ClO2/c12-7-1-9-14-11-4-2-10(3-5-11)6-8-13/h2-5,8H,1,6-7,9H2. The molecule has 0 spiro atoms. The normalized spacial score (nSPS) is 9.79. The van der Waals surface area contributed by atoms with Crippen LogP contribution in [0.2, 0.25) is 0 Å². The van der Waals surface area contributed by atoms with E-state index < -0.39 is 0 Å². The van der Waals surface area contributed by atoms with Gasteiger partial charge in [0, 0.05) is 12.3 Å². The van der Waals surface area contributed by atoms with Crippen LogP contribution in [0, 0.1) is 0 Å². The Hall–Kier alpha value is -1.02. The molecule has 0 aliphatic carbocycles. The number of halogens is 1. The fourth-order valence-electron chi connectivity index (χ4n) is 1.06. The minimum absolute atomic E-state index is 0.460. The Bertz CT molecular complexity index is 269. The number of aldehydes is 1. The number of alkyl halides is 1. The number of hydrogen-bond acceptors (Lipinski definition) is 2. The van der Waals surface area contributed by atoms with Gasteiger partial charge >= 0.3 is 0 Å². The first-order chi connectivity index (χ1) is 6.86. The van der Waals surface area contributed by atoms with Crippen molar-refractivity contribution in [2.45, 2.75) is 12.8 Å². The second kappa shape index (κ2) is 6.44. The van der Waals surface area contributed by atoms with Crippen LogP contribution in [0.1, 0.15) is 12.0 Å². The van der Waals surface area contributed by atoms with Crippen LogP contribution in [0.15, 0.2) is 24.3 Å². The van der Waals surface area contributed by atoms with E-state index in [1.165, 1.54) is 0 Å². The smallest absolute Gasteiger partial charge is 0.124 e. The highest BCUT2D eigenvalue weighted by molar-refractivity contribution is 6.17. The molecule has 0 saturated carbocycles. The summed E-state index contributed by atoms with van der Waals surface area (Å²) in [5, 5.41) is 0. The molecule has 0 N–H and O–H groups in total. The van der Waals surface area contributed by atoms with E-state index in [2.05, 4.69) is 0 Å². The lowest BCUT2D eigenvalue weighted by Gasteiger charge is -2.04. The van der Waals surface area contributed by atoms with Gasteiger partial charge in [-0.1, -0.05) is 12.1 Å². The van der Waals surface area contributed by atoms with Gasteiger partial charge in [0.2, 0.25) is 0 Å². The zero-order chi connectivity index (χ0) is 10.2. The first kappa shape index (κ1) is 11.1. The van der Waals surface area contributed by atoms with E-state index in [4.69, 9.17) is 16.3 Å². The maximum atomic E-state index is 10.2. The van der Waals surface area contributed by atoms with Crippen molar-refractivity contribution in [2.75, 3.05) is 12.5 Å². The van der Waals surface area contributed by atoms with Crippen LogP contribution >= 0.6 is 11.6 Å². The Morgan fingerprint density at radius 3 is 2.57 bits per heavy atom. The molecule has 1 aromatic carbocycles. The van der Waals surface area contributed by atoms with Gasteiger partial charge in [0.15, 0.2) is 0 Å². The van der Waals surface area contributed by atoms with Crippen molar-refractivity contribution >= 4 is 17.9 Å². The summed E-state index contributed by atoms with van der Waals surface area (Å²) in [7, 11) is 0. The zero-order valence-corrected chi connectivity index (χ0v) is 8.67. The summed E-state index contributed by atoms with van der Waals surface area (Å²) in [6, 6.07) is 7.52. The maximum absolute atomic E-state index is 10.2. The lowest BCUT2D eigenvalue weighted by atomic mass is 10.2. The van der Waals surface area contributed by atoms with Crippen LogP contribution in [0.25, 0.3) is 0 Å². The number of ether oxygens (including phenoxy) is 1. The number of benzene rings is 1. The molecular formula is C11H13ClO2. The molecule has 1 aromatic rings. The fraction of sp³-hybridized carbons (Fsp3) is 0.364. The lowest BCUT2D eigenvalue weighted by molar-refractivity contribution is -0.107. The SMILES string of the molecule is O=CCc1ccc(OCCCCl)cc1. The Balaban J connectivity index is 2.42. The van der Waals surface area contributed by atoms with Gasteiger partial charge in [-0.15, -0.1) is 11.6 Å². The predicted molar refractivity (Wildman–Crippen MR) is 57.0 cm³/mol. The van der Waals surface area contributed by atoms with Gasteiger partial charge in [0.25, 0.3) is 0 Å². The van der Waals surface area contributed by atoms with Crippen molar-refractivity contribution in [3.05, 3.63) is 29.8 Å². The molecule has 0 bridgehead atoms. The number of hydrogen-bond donors (Lipinski definition) is 0. The second-order valence-corrected chi connectivity index (χ2v) is 3.28. The molecule has 0 heterocycles. The minimum atomic E-state index is 0.460. The largest absolute Gasteiger partial charge is 0.494 e. The summed E-state index contributed by atoms with van der Waals surface area (Å²) < 4.78 is 5.41. The van der Waals surface area contributed by atoms with Crippen molar-refractivity contribution in [2.24, 2.45) is 0 Å². The summed E-state index contributed by atoms with van der Waals surface area (Å²) in [4.78, 5) is 10.2. The molecule has 2 nitrogen and oxygen atoms in total. The molecule has 0 saturated heterocycles. The summed E-state index contributed by atoms with van der Waals surface area (Å²) in [5.41, 5.74) is 1.00. The van der Waals surface area contributed by atoms with E-state index in [0.29, 0.717) is 18.9 Å². The Kier molecular flexibility index (Phi) is 5.08. The van der Waals surface area contributed by atoms with E-state index in [-0.39, 0.29) is 0 Å². The first-order valence-corrected chi connectivity index (χ1v) is 5.11. The van der Waals surface area contributed by atoms with Crippen LogP contribution in [0.4, 0.5) is 0 Å². The van der Waals surface area contributed by atoms with Gasteiger partial charge in [-0.3, -0.25) is 0 Å². The van der Waals surface area contributed by atoms with Crippen molar-refractivity contribution < 1.29 is 9.53 Å². The lowest BCUT2D eigenvalue weighted by Crippen LogP contribution is -1.97.